The lowest BCUT2D eigenvalue weighted by atomic mass is 9.77. The van der Waals surface area contributed by atoms with E-state index < -0.39 is 18.3 Å². The van der Waals surface area contributed by atoms with Gasteiger partial charge in [0.1, 0.15) is 0 Å². The monoisotopic (exact) mass is 327 g/mol. The van der Waals surface area contributed by atoms with E-state index in [0.717, 1.165) is 0 Å². The van der Waals surface area contributed by atoms with Crippen LogP contribution in [0.1, 0.15) is 50.0 Å². The molecule has 1 aliphatic rings. The molecule has 1 aromatic rings. The van der Waals surface area contributed by atoms with Gasteiger partial charge in [0.15, 0.2) is 5.78 Å². The van der Waals surface area contributed by atoms with Gasteiger partial charge in [-0.2, -0.15) is 5.26 Å². The second-order valence-corrected chi connectivity index (χ2v) is 6.81. The number of aliphatic hydroxyl groups is 1. The summed E-state index contributed by atoms with van der Waals surface area (Å²) in [5.41, 5.74) is 0.591. The molecule has 126 valence electrons. The first-order chi connectivity index (χ1) is 11.2. The lowest BCUT2D eigenvalue weighted by Crippen LogP contribution is -2.41. The average Bonchev–Trinajstić information content (AvgIpc) is 2.73. The molecule has 6 heteroatoms. The third kappa shape index (κ3) is 3.59. The van der Waals surface area contributed by atoms with E-state index in [1.165, 1.54) is 0 Å². The zero-order chi connectivity index (χ0) is 18.0. The number of rotatable bonds is 5. The minimum atomic E-state index is -0.681. The van der Waals surface area contributed by atoms with Crippen LogP contribution in [0.5, 0.6) is 0 Å². The molecular weight excluding hydrogens is 305 g/mol. The first-order valence-corrected chi connectivity index (χ1v) is 7.88. The molecule has 0 bridgehead atoms. The Labute approximate surface area is 143 Å². The molecule has 1 saturated heterocycles. The Morgan fingerprint density at radius 1 is 1.25 bits per heavy atom. The van der Waals surface area contributed by atoms with Gasteiger partial charge in [0, 0.05) is 5.56 Å². The number of carbonyl (C=O) groups excluding carboxylic acids is 1. The van der Waals surface area contributed by atoms with Crippen molar-refractivity contribution in [3.05, 3.63) is 40.9 Å². The van der Waals surface area contributed by atoms with E-state index in [9.17, 15) is 9.90 Å². The molecule has 0 amide bonds. The van der Waals surface area contributed by atoms with Crippen LogP contribution in [-0.4, -0.2) is 35.8 Å². The molecule has 1 N–H and O–H groups in total. The fourth-order valence-electron chi connectivity index (χ4n) is 2.43. The number of benzene rings is 1. The van der Waals surface area contributed by atoms with Crippen molar-refractivity contribution in [2.45, 2.75) is 45.3 Å². The van der Waals surface area contributed by atoms with Crippen molar-refractivity contribution in [3.8, 4) is 6.07 Å². The smallest absolute Gasteiger partial charge is 0.400 e. The Kier molecular flexibility index (Phi) is 5.29. The van der Waals surface area contributed by atoms with Crippen LogP contribution in [0.4, 0.5) is 0 Å². The van der Waals surface area contributed by atoms with Crippen LogP contribution in [0.15, 0.2) is 29.7 Å². The van der Waals surface area contributed by atoms with Gasteiger partial charge >= 0.3 is 7.12 Å². The van der Waals surface area contributed by atoms with E-state index in [4.69, 9.17) is 14.6 Å². The van der Waals surface area contributed by atoms with Crippen LogP contribution in [-0.2, 0) is 9.31 Å². The highest BCUT2D eigenvalue weighted by Crippen LogP contribution is 2.38. The maximum absolute atomic E-state index is 12.1. The maximum atomic E-state index is 12.1. The first kappa shape index (κ1) is 18.4. The topological polar surface area (TPSA) is 79.6 Å². The third-order valence-electron chi connectivity index (χ3n) is 4.58. The molecule has 1 aliphatic heterocycles. The number of carbonyl (C=O) groups is 1. The summed E-state index contributed by atoms with van der Waals surface area (Å²) in [5, 5.41) is 18.5. The molecule has 24 heavy (non-hydrogen) atoms. The Morgan fingerprint density at radius 3 is 2.38 bits per heavy atom. The summed E-state index contributed by atoms with van der Waals surface area (Å²) in [6, 6.07) is 8.85. The molecule has 0 atom stereocenters. The lowest BCUT2D eigenvalue weighted by Gasteiger charge is -2.32. The van der Waals surface area contributed by atoms with E-state index in [0.29, 0.717) is 16.6 Å². The predicted molar refractivity (Wildman–Crippen MR) is 92.1 cm³/mol. The largest absolute Gasteiger partial charge is 0.492 e. The summed E-state index contributed by atoms with van der Waals surface area (Å²) < 4.78 is 11.9. The van der Waals surface area contributed by atoms with Gasteiger partial charge in [0.25, 0.3) is 0 Å². The summed E-state index contributed by atoms with van der Waals surface area (Å²) in [6.45, 7) is 7.50. The molecule has 2 rings (SSSR count). The van der Waals surface area contributed by atoms with Crippen molar-refractivity contribution in [1.82, 2.24) is 0 Å². The Morgan fingerprint density at radius 2 is 1.83 bits per heavy atom. The Bertz CT molecular complexity index is 687. The summed E-state index contributed by atoms with van der Waals surface area (Å²) in [4.78, 5) is 12.1. The van der Waals surface area contributed by atoms with Gasteiger partial charge in [-0.15, -0.1) is 0 Å². The van der Waals surface area contributed by atoms with Crippen LogP contribution < -0.4 is 0 Å². The van der Waals surface area contributed by atoms with E-state index >= 15 is 0 Å². The second kappa shape index (κ2) is 6.90. The highest BCUT2D eigenvalue weighted by atomic mass is 16.7. The van der Waals surface area contributed by atoms with Crippen LogP contribution in [0, 0.1) is 11.3 Å². The highest BCUT2D eigenvalue weighted by molar-refractivity contribution is 6.55. The molecule has 0 unspecified atom stereocenters. The van der Waals surface area contributed by atoms with Crippen molar-refractivity contribution in [2.24, 2.45) is 0 Å². The van der Waals surface area contributed by atoms with Gasteiger partial charge in [-0.1, -0.05) is 30.3 Å². The zero-order valence-corrected chi connectivity index (χ0v) is 14.5. The SMILES string of the molecule is CC1(C)OB(C(=Cc2ccccc2C(=O)CC#N)CO)OC1(C)C. The predicted octanol–water partition coefficient (Wildman–Crippen LogP) is 2.79. The van der Waals surface area contributed by atoms with Crippen molar-refractivity contribution in [2.75, 3.05) is 6.61 Å². The molecule has 5 nitrogen and oxygen atoms in total. The average molecular weight is 327 g/mol. The van der Waals surface area contributed by atoms with Crippen LogP contribution in [0.2, 0.25) is 0 Å². The minimum absolute atomic E-state index is 0.185. The van der Waals surface area contributed by atoms with E-state index in [1.54, 1.807) is 30.3 Å². The molecule has 0 spiro atoms. The molecule has 0 radical (unpaired) electrons. The number of hydrogen-bond donors (Lipinski definition) is 1. The van der Waals surface area contributed by atoms with Crippen molar-refractivity contribution < 1.29 is 19.2 Å². The third-order valence-corrected chi connectivity index (χ3v) is 4.58. The number of Topliss-reactive ketones (excluding diaryl/α,β-unsaturated/α-hetero) is 1. The number of ketones is 1. The Hall–Kier alpha value is -1.94. The van der Waals surface area contributed by atoms with Gasteiger partial charge in [-0.05, 0) is 38.7 Å². The van der Waals surface area contributed by atoms with E-state index in [-0.39, 0.29) is 18.8 Å². The van der Waals surface area contributed by atoms with Gasteiger partial charge in [-0.3, -0.25) is 4.79 Å². The second-order valence-electron chi connectivity index (χ2n) is 6.81. The molecule has 1 aromatic carbocycles. The van der Waals surface area contributed by atoms with Gasteiger partial charge < -0.3 is 14.4 Å². The fourth-order valence-corrected chi connectivity index (χ4v) is 2.43. The molecular formula is C18H22BNO4. The summed E-state index contributed by atoms with van der Waals surface area (Å²) >= 11 is 0. The summed E-state index contributed by atoms with van der Waals surface area (Å²) in [7, 11) is -0.681. The maximum Gasteiger partial charge on any atom is 0.492 e. The normalized spacial score (nSPS) is 19.2. The highest BCUT2D eigenvalue weighted by Gasteiger charge is 2.52. The molecule has 0 saturated carbocycles. The number of nitrogens with zero attached hydrogens (tertiary/aromatic N) is 1. The first-order valence-electron chi connectivity index (χ1n) is 7.88. The van der Waals surface area contributed by atoms with Gasteiger partial charge in [-0.25, -0.2) is 0 Å². The molecule has 0 aliphatic carbocycles. The fraction of sp³-hybridized carbons (Fsp3) is 0.444. The summed E-state index contributed by atoms with van der Waals surface area (Å²) in [6.07, 6.45) is 1.52. The minimum Gasteiger partial charge on any atom is -0.400 e. The van der Waals surface area contributed by atoms with Gasteiger partial charge in [0.2, 0.25) is 0 Å². The van der Waals surface area contributed by atoms with Crippen molar-refractivity contribution in [1.29, 1.82) is 5.26 Å². The number of aliphatic hydroxyl groups excluding tert-OH is 1. The number of nitriles is 1. The standard InChI is InChI=1S/C18H22BNO4/c1-17(2)18(3,4)24-19(23-17)14(12-21)11-13-7-5-6-8-15(13)16(22)9-10-20/h5-8,11,21H,9,12H2,1-4H3. The van der Waals surface area contributed by atoms with E-state index in [1.807, 2.05) is 33.8 Å². The van der Waals surface area contributed by atoms with Crippen molar-refractivity contribution >= 4 is 19.0 Å². The number of hydrogen-bond acceptors (Lipinski definition) is 5. The van der Waals surface area contributed by atoms with Crippen LogP contribution in [0.25, 0.3) is 6.08 Å². The lowest BCUT2D eigenvalue weighted by molar-refractivity contribution is 0.00578. The molecule has 0 aromatic heterocycles. The van der Waals surface area contributed by atoms with Gasteiger partial charge in [0.05, 0.1) is 30.3 Å². The molecule has 1 fully saturated rings. The van der Waals surface area contributed by atoms with Crippen LogP contribution >= 0.6 is 0 Å². The van der Waals surface area contributed by atoms with E-state index in [2.05, 4.69) is 0 Å². The van der Waals surface area contributed by atoms with Crippen molar-refractivity contribution in [3.63, 3.8) is 0 Å². The molecule has 1 heterocycles. The van der Waals surface area contributed by atoms with Crippen LogP contribution in [0.3, 0.4) is 0 Å². The summed E-state index contributed by atoms with van der Waals surface area (Å²) in [5.74, 6) is -0.254. The quantitative estimate of drug-likeness (QED) is 0.664. The zero-order valence-electron chi connectivity index (χ0n) is 14.5. The Balaban J connectivity index is 2.36.